The molecule has 2 aliphatic rings. The molecule has 216 valence electrons. The van der Waals surface area contributed by atoms with Crippen LogP contribution in [0.3, 0.4) is 0 Å². The van der Waals surface area contributed by atoms with Crippen LogP contribution in [0.2, 0.25) is 0 Å². The number of hydrogen-bond donors (Lipinski definition) is 4. The highest BCUT2D eigenvalue weighted by Crippen LogP contribution is 2.47. The van der Waals surface area contributed by atoms with Gasteiger partial charge in [0.1, 0.15) is 18.0 Å². The molecule has 0 aliphatic carbocycles. The van der Waals surface area contributed by atoms with Crippen LogP contribution in [0.1, 0.15) is 35.4 Å². The molecule has 3 aromatic rings. The van der Waals surface area contributed by atoms with Crippen LogP contribution in [0.25, 0.3) is 0 Å². The van der Waals surface area contributed by atoms with Gasteiger partial charge in [0, 0.05) is 29.4 Å². The lowest BCUT2D eigenvalue weighted by Crippen LogP contribution is -2.47. The number of nitrogens with one attached hydrogen (secondary N) is 3. The van der Waals surface area contributed by atoms with Crippen LogP contribution in [0.5, 0.6) is 5.75 Å². The molecule has 3 amide bonds. The minimum Gasteiger partial charge on any atom is -0.487 e. The summed E-state index contributed by atoms with van der Waals surface area (Å²) in [5.74, 6) is 0.289. The number of benzene rings is 3. The van der Waals surface area contributed by atoms with E-state index in [4.69, 9.17) is 9.47 Å². The van der Waals surface area contributed by atoms with E-state index in [1.54, 1.807) is 18.2 Å². The number of aliphatic hydroxyl groups is 1. The average Bonchev–Trinajstić information content (AvgIpc) is 3.31. The van der Waals surface area contributed by atoms with Crippen molar-refractivity contribution in [3.63, 3.8) is 0 Å². The minimum atomic E-state index is -4.46. The number of carbonyl (C=O) groups excluding carboxylic acids is 2. The van der Waals surface area contributed by atoms with Crippen LogP contribution in [-0.2, 0) is 22.1 Å². The summed E-state index contributed by atoms with van der Waals surface area (Å²) in [6.07, 6.45) is -4.62. The first-order chi connectivity index (χ1) is 19.7. The van der Waals surface area contributed by atoms with Crippen LogP contribution in [0.4, 0.5) is 29.3 Å². The van der Waals surface area contributed by atoms with Gasteiger partial charge in [0.15, 0.2) is 0 Å². The molecule has 5 rings (SSSR count). The molecule has 4 atom stereocenters. The fraction of sp³-hybridized carbons (Fsp3) is 0.333. The first-order valence-corrected chi connectivity index (χ1v) is 13.3. The van der Waals surface area contributed by atoms with Crippen LogP contribution in [0.15, 0.2) is 72.8 Å². The van der Waals surface area contributed by atoms with Crippen molar-refractivity contribution in [2.75, 3.05) is 23.8 Å². The Kier molecular flexibility index (Phi) is 8.46. The molecule has 1 fully saturated rings. The van der Waals surface area contributed by atoms with Gasteiger partial charge in [-0.3, -0.25) is 4.79 Å². The molecule has 0 unspecified atom stereocenters. The quantitative estimate of drug-likeness (QED) is 0.302. The van der Waals surface area contributed by atoms with Crippen LogP contribution in [-0.4, -0.2) is 48.5 Å². The number of amides is 3. The van der Waals surface area contributed by atoms with E-state index in [1.165, 1.54) is 12.1 Å². The number of hydrogen-bond acceptors (Lipinski definition) is 5. The predicted molar refractivity (Wildman–Crippen MR) is 146 cm³/mol. The second-order valence-corrected chi connectivity index (χ2v) is 10.1. The molecule has 8 nitrogen and oxygen atoms in total. The molecule has 2 aliphatic heterocycles. The van der Waals surface area contributed by atoms with Gasteiger partial charge in [0.2, 0.25) is 5.91 Å². The normalized spacial score (nSPS) is 21.3. The van der Waals surface area contributed by atoms with Crippen molar-refractivity contribution >= 4 is 23.3 Å². The molecule has 4 N–H and O–H groups in total. The molecule has 0 saturated carbocycles. The maximum Gasteiger partial charge on any atom is 0.416 e. The van der Waals surface area contributed by atoms with E-state index >= 15 is 0 Å². The second-order valence-electron chi connectivity index (χ2n) is 10.1. The summed E-state index contributed by atoms with van der Waals surface area (Å²) in [6.45, 7) is 0.225. The number of carbonyl (C=O) groups is 2. The van der Waals surface area contributed by atoms with Gasteiger partial charge in [-0.05, 0) is 60.9 Å². The van der Waals surface area contributed by atoms with Gasteiger partial charge in [-0.15, -0.1) is 0 Å². The maximum atomic E-state index is 12.8. The third kappa shape index (κ3) is 6.98. The third-order valence-electron chi connectivity index (χ3n) is 7.22. The Morgan fingerprint density at radius 1 is 0.951 bits per heavy atom. The summed E-state index contributed by atoms with van der Waals surface area (Å²) >= 11 is 0. The average molecular weight is 570 g/mol. The molecule has 11 heteroatoms. The van der Waals surface area contributed by atoms with Gasteiger partial charge in [0.25, 0.3) is 0 Å². The molecule has 0 radical (unpaired) electrons. The highest BCUT2D eigenvalue weighted by atomic mass is 19.4. The summed E-state index contributed by atoms with van der Waals surface area (Å²) in [7, 11) is 0. The zero-order valence-corrected chi connectivity index (χ0v) is 22.0. The van der Waals surface area contributed by atoms with Crippen molar-refractivity contribution in [1.82, 2.24) is 5.32 Å². The summed E-state index contributed by atoms with van der Waals surface area (Å²) in [4.78, 5) is 25.2. The Labute approximate surface area is 234 Å². The van der Waals surface area contributed by atoms with Crippen LogP contribution < -0.4 is 20.7 Å². The second kappa shape index (κ2) is 12.2. The number of fused-ring (bicyclic) bond motifs is 3. The zero-order chi connectivity index (χ0) is 29.0. The van der Waals surface area contributed by atoms with Gasteiger partial charge in [0.05, 0.1) is 24.7 Å². The molecule has 0 spiro atoms. The fourth-order valence-electron chi connectivity index (χ4n) is 5.27. The molecule has 3 aromatic carbocycles. The highest BCUT2D eigenvalue weighted by Gasteiger charge is 2.46. The molecular formula is C30H30F3N3O5. The molecule has 41 heavy (non-hydrogen) atoms. The number of ether oxygens (including phenoxy) is 2. The third-order valence-corrected chi connectivity index (χ3v) is 7.22. The number of aliphatic hydroxyl groups excluding tert-OH is 1. The summed E-state index contributed by atoms with van der Waals surface area (Å²) in [5, 5.41) is 18.1. The smallest absolute Gasteiger partial charge is 0.416 e. The number of rotatable bonds is 8. The summed E-state index contributed by atoms with van der Waals surface area (Å²) < 4.78 is 50.5. The topological polar surface area (TPSA) is 109 Å². The lowest BCUT2D eigenvalue weighted by molar-refractivity contribution is -0.142. The van der Waals surface area contributed by atoms with Crippen molar-refractivity contribution in [3.8, 4) is 5.75 Å². The van der Waals surface area contributed by atoms with Crippen molar-refractivity contribution in [3.05, 3.63) is 89.5 Å². The van der Waals surface area contributed by atoms with Crippen LogP contribution >= 0.6 is 0 Å². The minimum absolute atomic E-state index is 0.136. The zero-order valence-electron chi connectivity index (χ0n) is 22.0. The van der Waals surface area contributed by atoms with Gasteiger partial charge in [-0.25, -0.2) is 4.79 Å². The molecule has 0 aromatic heterocycles. The summed E-state index contributed by atoms with van der Waals surface area (Å²) in [5.41, 5.74) is 1.80. The maximum absolute atomic E-state index is 12.8. The number of urea groups is 1. The van der Waals surface area contributed by atoms with Gasteiger partial charge < -0.3 is 30.5 Å². The van der Waals surface area contributed by atoms with Crippen molar-refractivity contribution < 1.29 is 37.3 Å². The predicted octanol–water partition coefficient (Wildman–Crippen LogP) is 5.09. The van der Waals surface area contributed by atoms with E-state index in [9.17, 15) is 27.9 Å². The Balaban J connectivity index is 1.19. The first kappa shape index (κ1) is 28.4. The van der Waals surface area contributed by atoms with E-state index in [2.05, 4.69) is 16.0 Å². The largest absolute Gasteiger partial charge is 0.487 e. The fourth-order valence-corrected chi connectivity index (χ4v) is 5.27. The lowest BCUT2D eigenvalue weighted by atomic mass is 9.84. The Hall–Kier alpha value is -4.09. The Morgan fingerprint density at radius 2 is 1.66 bits per heavy atom. The van der Waals surface area contributed by atoms with E-state index in [1.807, 2.05) is 30.3 Å². The van der Waals surface area contributed by atoms with E-state index < -0.39 is 36.1 Å². The summed E-state index contributed by atoms with van der Waals surface area (Å²) in [6, 6.07) is 18.5. The monoisotopic (exact) mass is 569 g/mol. The van der Waals surface area contributed by atoms with Gasteiger partial charge in [-0.2, -0.15) is 13.2 Å². The van der Waals surface area contributed by atoms with E-state index in [0.717, 1.165) is 23.3 Å². The molecule has 1 saturated heterocycles. The molecule has 2 heterocycles. The molecule has 0 bridgehead atoms. The number of anilines is 2. The van der Waals surface area contributed by atoms with Crippen molar-refractivity contribution in [1.29, 1.82) is 0 Å². The van der Waals surface area contributed by atoms with Crippen LogP contribution in [0, 0.1) is 0 Å². The number of alkyl halides is 3. The van der Waals surface area contributed by atoms with E-state index in [-0.39, 0.29) is 30.5 Å². The van der Waals surface area contributed by atoms with Crippen molar-refractivity contribution in [2.45, 2.75) is 49.7 Å². The van der Waals surface area contributed by atoms with Crippen molar-refractivity contribution in [2.24, 2.45) is 0 Å². The Bertz CT molecular complexity index is 1370. The first-order valence-electron chi connectivity index (χ1n) is 13.3. The van der Waals surface area contributed by atoms with Gasteiger partial charge in [-0.1, -0.05) is 30.3 Å². The standard InChI is InChI=1S/C30H30F3N3O5/c31-30(32,33)19-6-8-20(9-7-19)35-29(39)36-21-10-11-25-23(14-21)24-15-22(40-26(17-37)28(24)41-25)16-27(38)34-13-12-18-4-2-1-3-5-18/h1-11,14,22,24,26,28,37H,12-13,15-17H2,(H,34,38)(H2,35,36,39)/t22-,24+,26+,28-/m0/s1. The Morgan fingerprint density at radius 3 is 2.37 bits per heavy atom. The SMILES string of the molecule is O=C(C[C@@H]1C[C@@H]2c3cc(NC(=O)Nc4ccc(C(F)(F)F)cc4)ccc3O[C@@H]2[C@@H](CO)O1)NCCc1ccccc1. The van der Waals surface area contributed by atoms with E-state index in [0.29, 0.717) is 30.8 Å². The number of halogens is 3. The highest BCUT2D eigenvalue weighted by molar-refractivity contribution is 5.99. The molecular weight excluding hydrogens is 539 g/mol. The lowest BCUT2D eigenvalue weighted by Gasteiger charge is -2.37. The van der Waals surface area contributed by atoms with Gasteiger partial charge >= 0.3 is 12.2 Å².